The van der Waals surface area contributed by atoms with Gasteiger partial charge in [-0.25, -0.2) is 19.0 Å². The Hall–Kier alpha value is -4.54. The highest BCUT2D eigenvalue weighted by Crippen LogP contribution is 2.35. The number of aromatic nitrogens is 1. The number of esters is 2. The van der Waals surface area contributed by atoms with E-state index in [-0.39, 0.29) is 29.9 Å². The van der Waals surface area contributed by atoms with Crippen LogP contribution in [0.2, 0.25) is 5.02 Å². The number of hydrogen-bond donors (Lipinski definition) is 0. The second kappa shape index (κ2) is 13.2. The fourth-order valence-corrected chi connectivity index (χ4v) is 5.82. The Labute approximate surface area is 254 Å². The maximum Gasteiger partial charge on any atom is 0.344 e. The minimum atomic E-state index is -0.952. The molecule has 0 radical (unpaired) electrons. The van der Waals surface area contributed by atoms with Crippen LogP contribution in [-0.4, -0.2) is 36.3 Å². The van der Waals surface area contributed by atoms with Crippen LogP contribution in [0.3, 0.4) is 0 Å². The van der Waals surface area contributed by atoms with E-state index >= 15 is 0 Å². The van der Waals surface area contributed by atoms with Crippen LogP contribution in [0, 0.1) is 5.82 Å². The number of ether oxygens (including phenoxy) is 3. The molecule has 0 unspecified atom stereocenters. The molecule has 2 heterocycles. The highest BCUT2D eigenvalue weighted by molar-refractivity contribution is 7.07. The topological polar surface area (TPSA) is 96.2 Å². The molecule has 1 aromatic heterocycles. The SMILES string of the molecule is CCOC(=O)COc1ccc(Cl)cc1/C=c1\sc2n(c1=O)[C@H](c1ccc(F)cc1)C(C(=O)OCC)=C(c1ccccc1)N=2. The summed E-state index contributed by atoms with van der Waals surface area (Å²) in [6.45, 7) is 3.38. The monoisotopic (exact) mass is 620 g/mol. The van der Waals surface area contributed by atoms with Gasteiger partial charge >= 0.3 is 11.9 Å². The van der Waals surface area contributed by atoms with Crippen molar-refractivity contribution in [1.82, 2.24) is 4.57 Å². The van der Waals surface area contributed by atoms with Gasteiger partial charge in [-0.1, -0.05) is 65.4 Å². The van der Waals surface area contributed by atoms with E-state index in [1.165, 1.54) is 28.8 Å². The maximum atomic E-state index is 14.1. The van der Waals surface area contributed by atoms with Crippen LogP contribution in [-0.2, 0) is 19.1 Å². The number of fused-ring (bicyclic) bond motifs is 1. The molecule has 0 saturated heterocycles. The van der Waals surface area contributed by atoms with Crippen molar-refractivity contribution in [3.63, 3.8) is 0 Å². The second-order valence-corrected chi connectivity index (χ2v) is 10.7. The zero-order valence-corrected chi connectivity index (χ0v) is 24.8. The summed E-state index contributed by atoms with van der Waals surface area (Å²) in [6, 6.07) is 18.6. The Balaban J connectivity index is 1.74. The minimum absolute atomic E-state index is 0.105. The molecule has 3 aromatic carbocycles. The molecule has 8 nitrogen and oxygen atoms in total. The van der Waals surface area contributed by atoms with E-state index in [0.717, 1.165) is 11.3 Å². The first kappa shape index (κ1) is 29.9. The quantitative estimate of drug-likeness (QED) is 0.252. The van der Waals surface area contributed by atoms with Gasteiger partial charge in [0.1, 0.15) is 11.6 Å². The summed E-state index contributed by atoms with van der Waals surface area (Å²) in [4.78, 5) is 44.6. The van der Waals surface area contributed by atoms with Crippen LogP contribution in [0.4, 0.5) is 4.39 Å². The van der Waals surface area contributed by atoms with Crippen molar-refractivity contribution in [3.05, 3.63) is 126 Å². The lowest BCUT2D eigenvalue weighted by Gasteiger charge is -2.25. The minimum Gasteiger partial charge on any atom is -0.481 e. The zero-order chi connectivity index (χ0) is 30.5. The van der Waals surface area contributed by atoms with Gasteiger partial charge < -0.3 is 14.2 Å². The Bertz CT molecular complexity index is 1880. The standard InChI is InChI=1S/C32H26ClFN2O6S/c1-3-40-26(37)18-42-24-15-12-22(33)16-21(24)17-25-30(38)36-29(20-10-13-23(34)14-11-20)27(31(39)41-4-2)28(35-32(36)43-25)19-8-6-5-7-9-19/h5-17,29H,3-4,18H2,1-2H3/b25-17-/t29-/m1/s1. The molecule has 0 spiro atoms. The van der Waals surface area contributed by atoms with E-state index in [0.29, 0.717) is 38.0 Å². The first-order chi connectivity index (χ1) is 20.8. The van der Waals surface area contributed by atoms with E-state index in [1.807, 2.05) is 30.3 Å². The van der Waals surface area contributed by atoms with Gasteiger partial charge in [0.15, 0.2) is 11.4 Å². The van der Waals surface area contributed by atoms with E-state index in [2.05, 4.69) is 0 Å². The number of hydrogen-bond acceptors (Lipinski definition) is 8. The molecular formula is C32H26ClFN2O6S. The van der Waals surface area contributed by atoms with Crippen molar-refractivity contribution >= 4 is 46.6 Å². The molecule has 11 heteroatoms. The van der Waals surface area contributed by atoms with Gasteiger partial charge in [0.05, 0.1) is 35.1 Å². The number of rotatable bonds is 9. The second-order valence-electron chi connectivity index (χ2n) is 9.26. The number of halogens is 2. The molecular weight excluding hydrogens is 595 g/mol. The molecule has 5 rings (SSSR count). The summed E-state index contributed by atoms with van der Waals surface area (Å²) in [5, 5.41) is 0.391. The van der Waals surface area contributed by atoms with Gasteiger partial charge in [0.25, 0.3) is 5.56 Å². The Morgan fingerprint density at radius 3 is 2.44 bits per heavy atom. The average Bonchev–Trinajstić information content (AvgIpc) is 3.31. The van der Waals surface area contributed by atoms with Crippen molar-refractivity contribution in [3.8, 4) is 5.75 Å². The van der Waals surface area contributed by atoms with Crippen LogP contribution in [0.15, 0.2) is 88.2 Å². The van der Waals surface area contributed by atoms with E-state index in [4.69, 9.17) is 30.8 Å². The molecule has 4 aromatic rings. The molecule has 0 saturated carbocycles. The van der Waals surface area contributed by atoms with Gasteiger partial charge in [-0.2, -0.15) is 0 Å². The largest absolute Gasteiger partial charge is 0.481 e. The molecule has 1 aliphatic rings. The van der Waals surface area contributed by atoms with Gasteiger partial charge in [-0.3, -0.25) is 9.36 Å². The highest BCUT2D eigenvalue weighted by Gasteiger charge is 2.35. The average molecular weight is 621 g/mol. The number of benzene rings is 3. The first-order valence-electron chi connectivity index (χ1n) is 13.4. The van der Waals surface area contributed by atoms with Crippen LogP contribution in [0.1, 0.15) is 36.6 Å². The normalized spacial score (nSPS) is 14.6. The number of nitrogens with zero attached hydrogens (tertiary/aromatic N) is 2. The van der Waals surface area contributed by atoms with E-state index < -0.39 is 29.4 Å². The predicted octanol–water partition coefficient (Wildman–Crippen LogP) is 4.67. The van der Waals surface area contributed by atoms with Gasteiger partial charge in [-0.05, 0) is 55.8 Å². The first-order valence-corrected chi connectivity index (χ1v) is 14.6. The zero-order valence-electron chi connectivity index (χ0n) is 23.2. The Morgan fingerprint density at radius 2 is 1.74 bits per heavy atom. The van der Waals surface area contributed by atoms with Crippen molar-refractivity contribution in [2.24, 2.45) is 4.99 Å². The lowest BCUT2D eigenvalue weighted by molar-refractivity contribution is -0.145. The number of thiazole rings is 1. The molecule has 0 fully saturated rings. The van der Waals surface area contributed by atoms with E-state index in [9.17, 15) is 18.8 Å². The molecule has 0 aliphatic carbocycles. The molecule has 43 heavy (non-hydrogen) atoms. The van der Waals surface area contributed by atoms with Crippen molar-refractivity contribution in [2.45, 2.75) is 19.9 Å². The van der Waals surface area contributed by atoms with Crippen LogP contribution in [0.5, 0.6) is 5.75 Å². The Morgan fingerprint density at radius 1 is 1.02 bits per heavy atom. The molecule has 220 valence electrons. The van der Waals surface area contributed by atoms with Crippen molar-refractivity contribution in [2.75, 3.05) is 19.8 Å². The third kappa shape index (κ3) is 6.45. The van der Waals surface area contributed by atoms with Gasteiger partial charge in [-0.15, -0.1) is 0 Å². The summed E-state index contributed by atoms with van der Waals surface area (Å²) in [5.74, 6) is -1.33. The third-order valence-electron chi connectivity index (χ3n) is 6.47. The number of carbonyl (C=O) groups excluding carboxylic acids is 2. The molecule has 0 N–H and O–H groups in total. The van der Waals surface area contributed by atoms with Crippen LogP contribution in [0.25, 0.3) is 11.8 Å². The molecule has 0 amide bonds. The molecule has 0 bridgehead atoms. The van der Waals surface area contributed by atoms with Crippen LogP contribution < -0.4 is 19.6 Å². The lowest BCUT2D eigenvalue weighted by atomic mass is 9.93. The van der Waals surface area contributed by atoms with Gasteiger partial charge in [0, 0.05) is 16.1 Å². The molecule has 1 atom stereocenters. The summed E-state index contributed by atoms with van der Waals surface area (Å²) >= 11 is 7.38. The fourth-order valence-electron chi connectivity index (χ4n) is 4.64. The summed E-state index contributed by atoms with van der Waals surface area (Å²) in [7, 11) is 0. The van der Waals surface area contributed by atoms with E-state index in [1.54, 1.807) is 38.1 Å². The fraction of sp³-hybridized carbons (Fsp3) is 0.188. The van der Waals surface area contributed by atoms with Crippen molar-refractivity contribution < 1.29 is 28.2 Å². The molecule has 1 aliphatic heterocycles. The Kier molecular flexibility index (Phi) is 9.18. The third-order valence-corrected chi connectivity index (χ3v) is 7.69. The smallest absolute Gasteiger partial charge is 0.344 e. The summed E-state index contributed by atoms with van der Waals surface area (Å²) in [5.41, 5.74) is 1.67. The number of carbonyl (C=O) groups is 2. The summed E-state index contributed by atoms with van der Waals surface area (Å²) in [6.07, 6.45) is 1.59. The summed E-state index contributed by atoms with van der Waals surface area (Å²) < 4.78 is 31.7. The maximum absolute atomic E-state index is 14.1. The predicted molar refractivity (Wildman–Crippen MR) is 161 cm³/mol. The van der Waals surface area contributed by atoms with Crippen LogP contribution >= 0.6 is 22.9 Å². The highest BCUT2D eigenvalue weighted by atomic mass is 35.5. The lowest BCUT2D eigenvalue weighted by Crippen LogP contribution is -2.40. The van der Waals surface area contributed by atoms with Gasteiger partial charge in [0.2, 0.25) is 0 Å². The van der Waals surface area contributed by atoms with Crippen molar-refractivity contribution in [1.29, 1.82) is 0 Å².